The zero-order chi connectivity index (χ0) is 24.1. The first kappa shape index (κ1) is 24.2. The van der Waals surface area contributed by atoms with Crippen LogP contribution in [0.2, 0.25) is 0 Å². The van der Waals surface area contributed by atoms with E-state index in [2.05, 4.69) is 5.32 Å². The van der Waals surface area contributed by atoms with Crippen molar-refractivity contribution < 1.29 is 27.5 Å². The van der Waals surface area contributed by atoms with Gasteiger partial charge in [0.2, 0.25) is 5.91 Å². The predicted molar refractivity (Wildman–Crippen MR) is 124 cm³/mol. The van der Waals surface area contributed by atoms with Gasteiger partial charge in [-0.05, 0) is 24.3 Å². The number of rotatable bonds is 7. The highest BCUT2D eigenvalue weighted by Crippen LogP contribution is 2.31. The summed E-state index contributed by atoms with van der Waals surface area (Å²) >= 11 is 1.47. The van der Waals surface area contributed by atoms with Gasteiger partial charge in [0.1, 0.15) is 0 Å². The molecule has 1 N–H and O–H groups in total. The summed E-state index contributed by atoms with van der Waals surface area (Å²) < 4.78 is 46.0. The van der Waals surface area contributed by atoms with E-state index in [9.17, 15) is 22.8 Å². The summed E-state index contributed by atoms with van der Waals surface area (Å²) in [7, 11) is 0. The van der Waals surface area contributed by atoms with E-state index in [-0.39, 0.29) is 18.0 Å². The zero-order valence-corrected chi connectivity index (χ0v) is 19.1. The second-order valence-electron chi connectivity index (χ2n) is 7.82. The van der Waals surface area contributed by atoms with Crippen LogP contribution in [-0.4, -0.2) is 59.9 Å². The molecule has 1 saturated heterocycles. The number of hydrogen-bond acceptors (Lipinski definition) is 4. The van der Waals surface area contributed by atoms with E-state index in [1.807, 2.05) is 35.0 Å². The van der Waals surface area contributed by atoms with Gasteiger partial charge in [-0.15, -0.1) is 11.8 Å². The molecule has 1 aliphatic heterocycles. The van der Waals surface area contributed by atoms with Crippen LogP contribution in [0.4, 0.5) is 13.2 Å². The number of nitrogens with one attached hydrogen (secondary N) is 1. The van der Waals surface area contributed by atoms with Crippen molar-refractivity contribution in [1.82, 2.24) is 14.8 Å². The van der Waals surface area contributed by atoms with Gasteiger partial charge in [-0.1, -0.05) is 24.3 Å². The van der Waals surface area contributed by atoms with E-state index >= 15 is 0 Å². The molecular weight excluding hydrogens is 467 g/mol. The van der Waals surface area contributed by atoms with E-state index in [0.717, 1.165) is 27.9 Å². The van der Waals surface area contributed by atoms with E-state index in [4.69, 9.17) is 4.74 Å². The van der Waals surface area contributed by atoms with Crippen LogP contribution in [0, 0.1) is 0 Å². The van der Waals surface area contributed by atoms with E-state index in [1.165, 1.54) is 23.9 Å². The van der Waals surface area contributed by atoms with Gasteiger partial charge >= 0.3 is 6.18 Å². The molecule has 34 heavy (non-hydrogen) atoms. The van der Waals surface area contributed by atoms with Crippen molar-refractivity contribution >= 4 is 34.5 Å². The molecule has 1 aromatic heterocycles. The fourth-order valence-corrected chi connectivity index (χ4v) is 4.78. The maximum atomic E-state index is 12.9. The van der Waals surface area contributed by atoms with Crippen LogP contribution in [0.3, 0.4) is 0 Å². The average Bonchev–Trinajstić information content (AvgIpc) is 3.20. The number of benzene rings is 2. The molecule has 4 rings (SSSR count). The molecule has 0 aliphatic carbocycles. The molecule has 2 amide bonds. The zero-order valence-electron chi connectivity index (χ0n) is 18.3. The van der Waals surface area contributed by atoms with Crippen molar-refractivity contribution in [2.45, 2.75) is 17.6 Å². The van der Waals surface area contributed by atoms with Crippen LogP contribution >= 0.6 is 11.8 Å². The molecule has 2 aromatic carbocycles. The lowest BCUT2D eigenvalue weighted by atomic mass is 10.1. The minimum Gasteiger partial charge on any atom is -0.378 e. The van der Waals surface area contributed by atoms with Crippen LogP contribution in [0.5, 0.6) is 0 Å². The van der Waals surface area contributed by atoms with Gasteiger partial charge in [-0.3, -0.25) is 9.59 Å². The number of hydrogen-bond donors (Lipinski definition) is 1. The van der Waals surface area contributed by atoms with Gasteiger partial charge in [0.05, 0.1) is 24.5 Å². The van der Waals surface area contributed by atoms with Crippen molar-refractivity contribution in [3.63, 3.8) is 0 Å². The van der Waals surface area contributed by atoms with Crippen molar-refractivity contribution in [1.29, 1.82) is 0 Å². The Morgan fingerprint density at radius 2 is 1.82 bits per heavy atom. The summed E-state index contributed by atoms with van der Waals surface area (Å²) in [4.78, 5) is 27.6. The first-order chi connectivity index (χ1) is 16.3. The van der Waals surface area contributed by atoms with E-state index < -0.39 is 17.6 Å². The van der Waals surface area contributed by atoms with Crippen molar-refractivity contribution in [2.24, 2.45) is 0 Å². The second-order valence-corrected chi connectivity index (χ2v) is 8.84. The Hall–Kier alpha value is -2.98. The Labute approximate surface area is 199 Å². The van der Waals surface area contributed by atoms with Crippen LogP contribution in [0.15, 0.2) is 59.6 Å². The molecule has 0 spiro atoms. The summed E-state index contributed by atoms with van der Waals surface area (Å²) in [6.45, 7) is 3.00. The molecule has 6 nitrogen and oxygen atoms in total. The normalized spacial score (nSPS) is 14.4. The number of nitrogens with zero attached hydrogens (tertiary/aromatic N) is 2. The molecule has 0 saturated carbocycles. The van der Waals surface area contributed by atoms with Crippen LogP contribution < -0.4 is 5.32 Å². The number of thioether (sulfide) groups is 1. The van der Waals surface area contributed by atoms with Crippen LogP contribution in [-0.2, 0) is 22.3 Å². The minimum absolute atomic E-state index is 0.0370. The third-order valence-corrected chi connectivity index (χ3v) is 6.58. The highest BCUT2D eigenvalue weighted by molar-refractivity contribution is 8.00. The summed E-state index contributed by atoms with van der Waals surface area (Å²) in [6.07, 6.45) is -2.56. The maximum Gasteiger partial charge on any atom is 0.416 e. The standard InChI is InChI=1S/C24H24F3N3O3S/c25-24(26,27)18-5-3-4-17(14-18)23(32)28-8-9-30-15-21(19-6-1-2-7-20(19)30)34-16-22(31)29-10-12-33-13-11-29/h1-7,14-15H,8-13,16H2,(H,28,32). The first-order valence-electron chi connectivity index (χ1n) is 10.8. The summed E-state index contributed by atoms with van der Waals surface area (Å²) in [5, 5.41) is 3.69. The van der Waals surface area contributed by atoms with Gasteiger partial charge in [-0.2, -0.15) is 13.2 Å². The van der Waals surface area contributed by atoms with E-state index in [1.54, 1.807) is 4.90 Å². The van der Waals surface area contributed by atoms with Gasteiger partial charge in [-0.25, -0.2) is 0 Å². The number of halogens is 3. The lowest BCUT2D eigenvalue weighted by Gasteiger charge is -2.26. The number of amides is 2. The molecule has 0 radical (unpaired) electrons. The third-order valence-electron chi connectivity index (χ3n) is 5.56. The van der Waals surface area contributed by atoms with E-state index in [0.29, 0.717) is 38.6 Å². The largest absolute Gasteiger partial charge is 0.416 e. The predicted octanol–water partition coefficient (Wildman–Crippen LogP) is 4.04. The number of fused-ring (bicyclic) bond motifs is 1. The molecule has 2 heterocycles. The second kappa shape index (κ2) is 10.5. The van der Waals surface area contributed by atoms with Gasteiger partial charge in [0.25, 0.3) is 5.91 Å². The molecule has 10 heteroatoms. The van der Waals surface area contributed by atoms with Crippen molar-refractivity contribution in [3.05, 3.63) is 65.9 Å². The monoisotopic (exact) mass is 491 g/mol. The molecule has 1 fully saturated rings. The SMILES string of the molecule is O=C(NCCn1cc(SCC(=O)N2CCOCC2)c2ccccc21)c1cccc(C(F)(F)F)c1. The third kappa shape index (κ3) is 5.74. The maximum absolute atomic E-state index is 12.9. The van der Waals surface area contributed by atoms with Crippen molar-refractivity contribution in [2.75, 3.05) is 38.6 Å². The first-order valence-corrected chi connectivity index (χ1v) is 11.8. The number of alkyl halides is 3. The molecule has 0 atom stereocenters. The highest BCUT2D eigenvalue weighted by Gasteiger charge is 2.30. The number of para-hydroxylation sites is 1. The fourth-order valence-electron chi connectivity index (χ4n) is 3.79. The molecule has 0 bridgehead atoms. The smallest absolute Gasteiger partial charge is 0.378 e. The molecular formula is C24H24F3N3O3S. The van der Waals surface area contributed by atoms with Crippen LogP contribution in [0.25, 0.3) is 10.9 Å². The molecule has 180 valence electrons. The Morgan fingerprint density at radius 3 is 2.59 bits per heavy atom. The quantitative estimate of drug-likeness (QED) is 0.507. The topological polar surface area (TPSA) is 63.6 Å². The Bertz CT molecular complexity index is 1170. The molecule has 3 aromatic rings. The lowest BCUT2D eigenvalue weighted by Crippen LogP contribution is -2.41. The van der Waals surface area contributed by atoms with Crippen molar-refractivity contribution in [3.8, 4) is 0 Å². The van der Waals surface area contributed by atoms with Gasteiger partial charge in [0, 0.05) is 53.7 Å². The summed E-state index contributed by atoms with van der Waals surface area (Å²) in [6, 6.07) is 12.1. The summed E-state index contributed by atoms with van der Waals surface area (Å²) in [5.74, 6) is -0.174. The number of aromatic nitrogens is 1. The number of carbonyl (C=O) groups excluding carboxylic acids is 2. The summed E-state index contributed by atoms with van der Waals surface area (Å²) in [5.41, 5.74) is 0.0621. The Morgan fingerprint density at radius 1 is 1.06 bits per heavy atom. The molecule has 1 aliphatic rings. The number of ether oxygens (including phenoxy) is 1. The number of morpholine rings is 1. The van der Waals surface area contributed by atoms with Gasteiger partial charge in [0.15, 0.2) is 0 Å². The fraction of sp³-hybridized carbons (Fsp3) is 0.333. The highest BCUT2D eigenvalue weighted by atomic mass is 32.2. The Kier molecular flexibility index (Phi) is 7.47. The van der Waals surface area contributed by atoms with Crippen LogP contribution in [0.1, 0.15) is 15.9 Å². The molecule has 0 unspecified atom stereocenters. The Balaban J connectivity index is 1.39. The minimum atomic E-state index is -4.50. The van der Waals surface area contributed by atoms with Gasteiger partial charge < -0.3 is 19.5 Å². The number of carbonyl (C=O) groups is 2. The lowest BCUT2D eigenvalue weighted by molar-refractivity contribution is -0.137. The average molecular weight is 492 g/mol.